The summed E-state index contributed by atoms with van der Waals surface area (Å²) in [6.07, 6.45) is 0. The van der Waals surface area contributed by atoms with E-state index >= 15 is 0 Å². The van der Waals surface area contributed by atoms with Crippen LogP contribution < -0.4 is 5.32 Å². The topological polar surface area (TPSA) is 52.7 Å². The highest BCUT2D eigenvalue weighted by Crippen LogP contribution is 2.17. The summed E-state index contributed by atoms with van der Waals surface area (Å²) in [5.41, 5.74) is 4.08. The molecule has 0 radical (unpaired) electrons. The van der Waals surface area contributed by atoms with Gasteiger partial charge in [0.1, 0.15) is 6.54 Å². The van der Waals surface area contributed by atoms with Crippen molar-refractivity contribution >= 4 is 29.0 Å². The maximum absolute atomic E-state index is 13.4. The van der Waals surface area contributed by atoms with Gasteiger partial charge in [-0.05, 0) is 68.0 Å². The second kappa shape index (κ2) is 11.0. The fourth-order valence-corrected chi connectivity index (χ4v) is 4.10. The molecule has 168 valence electrons. The Balaban J connectivity index is 1.74. The number of nitrogens with zero attached hydrogens (tertiary/aromatic N) is 2. The number of hydrogen-bond acceptors (Lipinski definition) is 3. The lowest BCUT2D eigenvalue weighted by atomic mass is 10.1. The highest BCUT2D eigenvalue weighted by molar-refractivity contribution is 7.09. The van der Waals surface area contributed by atoms with Gasteiger partial charge in [-0.3, -0.25) is 4.79 Å². The molecule has 0 aliphatic heterocycles. The van der Waals surface area contributed by atoms with E-state index < -0.39 is 0 Å². The Labute approximate surface area is 194 Å². The summed E-state index contributed by atoms with van der Waals surface area (Å²) in [7, 11) is 0. The van der Waals surface area contributed by atoms with Crippen LogP contribution in [0.5, 0.6) is 0 Å². The number of nitrogens with one attached hydrogen (secondary N) is 1. The third-order valence-corrected chi connectivity index (χ3v) is 6.30. The van der Waals surface area contributed by atoms with Gasteiger partial charge in [-0.2, -0.15) is 0 Å². The van der Waals surface area contributed by atoms with E-state index in [1.165, 1.54) is 5.56 Å². The molecule has 0 aliphatic carbocycles. The lowest BCUT2D eigenvalue weighted by molar-refractivity contribution is -0.133. The van der Waals surface area contributed by atoms with Gasteiger partial charge in [0.25, 0.3) is 0 Å². The summed E-state index contributed by atoms with van der Waals surface area (Å²) in [5.74, 6) is -0.0776. The number of amides is 3. The van der Waals surface area contributed by atoms with Crippen molar-refractivity contribution < 1.29 is 9.59 Å². The van der Waals surface area contributed by atoms with E-state index in [0.29, 0.717) is 13.1 Å². The maximum atomic E-state index is 13.4. The molecule has 3 rings (SSSR count). The highest BCUT2D eigenvalue weighted by atomic mass is 32.1. The van der Waals surface area contributed by atoms with Crippen LogP contribution in [0.25, 0.3) is 0 Å². The molecule has 0 fully saturated rings. The fraction of sp³-hybridized carbons (Fsp3) is 0.308. The molecule has 0 bridgehead atoms. The Morgan fingerprint density at radius 3 is 2.31 bits per heavy atom. The van der Waals surface area contributed by atoms with Gasteiger partial charge >= 0.3 is 6.03 Å². The van der Waals surface area contributed by atoms with Crippen molar-refractivity contribution in [3.8, 4) is 0 Å². The van der Waals surface area contributed by atoms with Crippen LogP contribution in [0.15, 0.2) is 66.0 Å². The van der Waals surface area contributed by atoms with Crippen LogP contribution in [-0.2, 0) is 17.9 Å². The third-order valence-electron chi connectivity index (χ3n) is 5.44. The quantitative estimate of drug-likeness (QED) is 0.470. The van der Waals surface area contributed by atoms with Crippen molar-refractivity contribution in [3.63, 3.8) is 0 Å². The van der Waals surface area contributed by atoms with Crippen molar-refractivity contribution in [3.05, 3.63) is 87.6 Å². The van der Waals surface area contributed by atoms with Crippen LogP contribution in [-0.4, -0.2) is 34.3 Å². The van der Waals surface area contributed by atoms with E-state index in [9.17, 15) is 9.59 Å². The van der Waals surface area contributed by atoms with Gasteiger partial charge in [0.15, 0.2) is 0 Å². The van der Waals surface area contributed by atoms with Crippen LogP contribution in [0.2, 0.25) is 0 Å². The zero-order valence-electron chi connectivity index (χ0n) is 19.2. The summed E-state index contributed by atoms with van der Waals surface area (Å²) in [5, 5.41) is 4.96. The van der Waals surface area contributed by atoms with E-state index in [0.717, 1.165) is 21.7 Å². The lowest BCUT2D eigenvalue weighted by Gasteiger charge is -2.30. The molecule has 1 aromatic heterocycles. The average Bonchev–Trinajstić information content (AvgIpc) is 3.27. The SMILES string of the molecule is Cc1ccc(NC(=O)N(CC(=O)N(Cc2ccccc2)Cc2cccs2)C(C)C)cc1C. The minimum atomic E-state index is -0.271. The Morgan fingerprint density at radius 1 is 0.938 bits per heavy atom. The molecule has 0 aliphatic rings. The monoisotopic (exact) mass is 449 g/mol. The maximum Gasteiger partial charge on any atom is 0.322 e. The molecule has 3 aromatic rings. The first-order valence-electron chi connectivity index (χ1n) is 10.8. The Morgan fingerprint density at radius 2 is 1.69 bits per heavy atom. The minimum absolute atomic E-state index is 0.0204. The Bertz CT molecular complexity index is 1030. The first-order chi connectivity index (χ1) is 15.3. The summed E-state index contributed by atoms with van der Waals surface area (Å²) >= 11 is 1.63. The van der Waals surface area contributed by atoms with Gasteiger partial charge in [0, 0.05) is 23.2 Å². The van der Waals surface area contributed by atoms with Gasteiger partial charge in [-0.1, -0.05) is 42.5 Å². The summed E-state index contributed by atoms with van der Waals surface area (Å²) in [6.45, 7) is 8.95. The smallest absolute Gasteiger partial charge is 0.322 e. The molecule has 6 heteroatoms. The molecule has 0 atom stereocenters. The number of benzene rings is 2. The van der Waals surface area contributed by atoms with E-state index in [1.807, 2.05) is 98.6 Å². The minimum Gasteiger partial charge on any atom is -0.332 e. The molecular formula is C26H31N3O2S. The van der Waals surface area contributed by atoms with Crippen LogP contribution in [0, 0.1) is 13.8 Å². The van der Waals surface area contributed by atoms with Crippen molar-refractivity contribution in [2.24, 2.45) is 0 Å². The molecule has 0 saturated heterocycles. The van der Waals surface area contributed by atoms with Gasteiger partial charge < -0.3 is 15.1 Å². The molecule has 2 aromatic carbocycles. The summed E-state index contributed by atoms with van der Waals surface area (Å²) in [4.78, 5) is 30.9. The van der Waals surface area contributed by atoms with Crippen molar-refractivity contribution in [1.29, 1.82) is 0 Å². The number of urea groups is 1. The average molecular weight is 450 g/mol. The number of thiophene rings is 1. The van der Waals surface area contributed by atoms with E-state index in [1.54, 1.807) is 16.2 Å². The highest BCUT2D eigenvalue weighted by Gasteiger charge is 2.24. The third kappa shape index (κ3) is 6.44. The standard InChI is InChI=1S/C26H31N3O2S/c1-19(2)29(26(31)27-23-13-12-20(3)21(4)15-23)18-25(30)28(17-24-11-8-14-32-24)16-22-9-6-5-7-10-22/h5-15,19H,16-18H2,1-4H3,(H,27,31). The molecule has 32 heavy (non-hydrogen) atoms. The summed E-state index contributed by atoms with van der Waals surface area (Å²) in [6, 6.07) is 19.4. The molecule has 5 nitrogen and oxygen atoms in total. The number of anilines is 1. The molecule has 0 saturated carbocycles. The normalized spacial score (nSPS) is 10.8. The van der Waals surface area contributed by atoms with Crippen LogP contribution in [0.1, 0.15) is 35.4 Å². The molecule has 1 N–H and O–H groups in total. The number of carbonyl (C=O) groups is 2. The largest absolute Gasteiger partial charge is 0.332 e. The molecular weight excluding hydrogens is 418 g/mol. The molecule has 3 amide bonds. The number of hydrogen-bond donors (Lipinski definition) is 1. The van der Waals surface area contributed by atoms with Gasteiger partial charge in [0.05, 0.1) is 6.54 Å². The second-order valence-corrected chi connectivity index (χ2v) is 9.30. The molecule has 0 unspecified atom stereocenters. The van der Waals surface area contributed by atoms with Crippen LogP contribution in [0.3, 0.4) is 0 Å². The van der Waals surface area contributed by atoms with Gasteiger partial charge in [-0.25, -0.2) is 4.79 Å². The molecule has 0 spiro atoms. The summed E-state index contributed by atoms with van der Waals surface area (Å²) < 4.78 is 0. The number of aryl methyl sites for hydroxylation is 2. The first kappa shape index (κ1) is 23.5. The van der Waals surface area contributed by atoms with Gasteiger partial charge in [-0.15, -0.1) is 11.3 Å². The van der Waals surface area contributed by atoms with E-state index in [-0.39, 0.29) is 24.5 Å². The fourth-order valence-electron chi connectivity index (χ4n) is 3.38. The van der Waals surface area contributed by atoms with Crippen molar-refractivity contribution in [2.45, 2.75) is 46.8 Å². The second-order valence-electron chi connectivity index (χ2n) is 8.27. The predicted octanol–water partition coefficient (Wildman–Crippen LogP) is 5.84. The Kier molecular flexibility index (Phi) is 8.06. The van der Waals surface area contributed by atoms with Gasteiger partial charge in [0.2, 0.25) is 5.91 Å². The van der Waals surface area contributed by atoms with Crippen molar-refractivity contribution in [1.82, 2.24) is 9.80 Å². The molecule has 1 heterocycles. The Hall–Kier alpha value is -3.12. The number of rotatable bonds is 8. The number of carbonyl (C=O) groups excluding carboxylic acids is 2. The van der Waals surface area contributed by atoms with Crippen LogP contribution in [0.4, 0.5) is 10.5 Å². The lowest BCUT2D eigenvalue weighted by Crippen LogP contribution is -2.47. The zero-order valence-corrected chi connectivity index (χ0v) is 20.0. The predicted molar refractivity (Wildman–Crippen MR) is 132 cm³/mol. The zero-order chi connectivity index (χ0) is 23.1. The van der Waals surface area contributed by atoms with Crippen molar-refractivity contribution in [2.75, 3.05) is 11.9 Å². The first-order valence-corrected chi connectivity index (χ1v) is 11.7. The van der Waals surface area contributed by atoms with Crippen LogP contribution >= 0.6 is 11.3 Å². The van der Waals surface area contributed by atoms with E-state index in [4.69, 9.17) is 0 Å². The van der Waals surface area contributed by atoms with E-state index in [2.05, 4.69) is 5.32 Å².